The van der Waals surface area contributed by atoms with Crippen molar-refractivity contribution in [2.24, 2.45) is 7.05 Å². The van der Waals surface area contributed by atoms with E-state index in [1.807, 2.05) is 0 Å². The Hall–Kier alpha value is -3.60. The van der Waals surface area contributed by atoms with Crippen molar-refractivity contribution >= 4 is 29.2 Å². The predicted molar refractivity (Wildman–Crippen MR) is 99.2 cm³/mol. The van der Waals surface area contributed by atoms with Gasteiger partial charge in [-0.3, -0.25) is 19.9 Å². The van der Waals surface area contributed by atoms with Crippen LogP contribution < -0.4 is 16.0 Å². The fourth-order valence-corrected chi connectivity index (χ4v) is 3.77. The van der Waals surface area contributed by atoms with E-state index in [0.717, 1.165) is 5.56 Å². The molecule has 10 nitrogen and oxygen atoms in total. The van der Waals surface area contributed by atoms with Crippen LogP contribution in [0.1, 0.15) is 15.5 Å². The lowest BCUT2D eigenvalue weighted by Crippen LogP contribution is -2.54. The first-order chi connectivity index (χ1) is 13.5. The molecule has 4 rings (SSSR count). The van der Waals surface area contributed by atoms with Crippen LogP contribution in [0.15, 0.2) is 43.1 Å². The maximum absolute atomic E-state index is 12.6. The molecule has 0 saturated carbocycles. The Morgan fingerprint density at radius 2 is 2.04 bits per heavy atom. The molecular weight excluding hydrogens is 382 g/mol. The number of amides is 4. The largest absolute Gasteiger partial charge is 0.348 e. The maximum atomic E-state index is 12.6. The van der Waals surface area contributed by atoms with E-state index in [-0.39, 0.29) is 6.54 Å². The van der Waals surface area contributed by atoms with Crippen LogP contribution in [-0.2, 0) is 17.4 Å². The molecule has 1 aliphatic heterocycles. The average molecular weight is 397 g/mol. The van der Waals surface area contributed by atoms with Gasteiger partial charge in [-0.25, -0.2) is 14.8 Å². The van der Waals surface area contributed by atoms with Gasteiger partial charge < -0.3 is 15.2 Å². The second-order valence-corrected chi connectivity index (χ2v) is 7.15. The number of imidazole rings is 1. The van der Waals surface area contributed by atoms with Crippen LogP contribution in [0, 0.1) is 0 Å². The van der Waals surface area contributed by atoms with Crippen molar-refractivity contribution in [1.82, 2.24) is 35.5 Å². The summed E-state index contributed by atoms with van der Waals surface area (Å²) in [7, 11) is 1.70. The van der Waals surface area contributed by atoms with Crippen LogP contribution in [0.25, 0.3) is 10.6 Å². The predicted octanol–water partition coefficient (Wildman–Crippen LogP) is 0.403. The molecule has 4 amide bonds. The third-order valence-corrected chi connectivity index (χ3v) is 5.36. The van der Waals surface area contributed by atoms with Crippen molar-refractivity contribution in [2.45, 2.75) is 5.54 Å². The van der Waals surface area contributed by atoms with Gasteiger partial charge in [0.25, 0.3) is 11.8 Å². The summed E-state index contributed by atoms with van der Waals surface area (Å²) in [4.78, 5) is 49.6. The third-order valence-electron chi connectivity index (χ3n) is 4.32. The molecular formula is C17H15N7O3S. The fourth-order valence-electron chi connectivity index (χ4n) is 2.94. The van der Waals surface area contributed by atoms with E-state index in [4.69, 9.17) is 0 Å². The average Bonchev–Trinajstić information content (AvgIpc) is 3.40. The minimum Gasteiger partial charge on any atom is -0.348 e. The van der Waals surface area contributed by atoms with E-state index in [0.29, 0.717) is 15.7 Å². The normalized spacial score (nSPS) is 18.6. The molecule has 3 aromatic rings. The molecule has 1 fully saturated rings. The van der Waals surface area contributed by atoms with Gasteiger partial charge in [-0.1, -0.05) is 0 Å². The third kappa shape index (κ3) is 3.01. The number of imide groups is 1. The number of nitrogens with zero attached hydrogens (tertiary/aromatic N) is 4. The number of carbonyl (C=O) groups excluding carboxylic acids is 3. The Labute approximate surface area is 163 Å². The second-order valence-electron chi connectivity index (χ2n) is 6.12. The number of hydrogen-bond acceptors (Lipinski definition) is 7. The molecule has 0 bridgehead atoms. The molecule has 0 aliphatic carbocycles. The zero-order valence-electron chi connectivity index (χ0n) is 14.7. The molecule has 1 aliphatic rings. The number of rotatable bonds is 5. The van der Waals surface area contributed by atoms with Crippen LogP contribution in [0.2, 0.25) is 0 Å². The summed E-state index contributed by atoms with van der Waals surface area (Å²) >= 11 is 1.22. The SMILES string of the molecule is Cn1ccnc1C1(CNC(=O)c2cnc(-c3ccncc3)s2)NC(=O)NC1=O. The minimum absolute atomic E-state index is 0.156. The lowest BCUT2D eigenvalue weighted by atomic mass is 9.98. The van der Waals surface area contributed by atoms with Crippen molar-refractivity contribution in [1.29, 1.82) is 0 Å². The number of thiazole rings is 1. The summed E-state index contributed by atoms with van der Waals surface area (Å²) < 4.78 is 1.62. The van der Waals surface area contributed by atoms with Crippen molar-refractivity contribution < 1.29 is 14.4 Å². The van der Waals surface area contributed by atoms with Crippen LogP contribution in [0.3, 0.4) is 0 Å². The monoisotopic (exact) mass is 397 g/mol. The summed E-state index contributed by atoms with van der Waals surface area (Å²) in [6.45, 7) is -0.156. The Bertz CT molecular complexity index is 1060. The van der Waals surface area contributed by atoms with Gasteiger partial charge in [-0.15, -0.1) is 11.3 Å². The number of aromatic nitrogens is 4. The van der Waals surface area contributed by atoms with E-state index in [2.05, 4.69) is 30.9 Å². The molecule has 1 unspecified atom stereocenters. The Morgan fingerprint density at radius 3 is 2.68 bits per heavy atom. The first kappa shape index (κ1) is 17.8. The van der Waals surface area contributed by atoms with E-state index in [1.54, 1.807) is 42.3 Å². The molecule has 0 radical (unpaired) electrons. The van der Waals surface area contributed by atoms with Crippen LogP contribution in [-0.4, -0.2) is 43.9 Å². The minimum atomic E-state index is -1.48. The maximum Gasteiger partial charge on any atom is 0.322 e. The molecule has 1 saturated heterocycles. The molecule has 142 valence electrons. The molecule has 4 heterocycles. The Morgan fingerprint density at radius 1 is 1.25 bits per heavy atom. The summed E-state index contributed by atoms with van der Waals surface area (Å²) in [6, 6.07) is 2.96. The Kier molecular flexibility index (Phi) is 4.35. The van der Waals surface area contributed by atoms with Crippen molar-refractivity contribution in [3.05, 3.63) is 53.8 Å². The van der Waals surface area contributed by atoms with Gasteiger partial charge in [0, 0.05) is 37.4 Å². The van der Waals surface area contributed by atoms with Crippen LogP contribution >= 0.6 is 11.3 Å². The molecule has 3 aromatic heterocycles. The van der Waals surface area contributed by atoms with Crippen molar-refractivity contribution in [3.63, 3.8) is 0 Å². The number of aryl methyl sites for hydroxylation is 1. The standard InChI is InChI=1S/C17H15N7O3S/c1-24-7-6-19-14(24)17(15(26)22-16(27)23-17)9-21-12(25)11-8-20-13(28-11)10-2-4-18-5-3-10/h2-8H,9H2,1H3,(H,21,25)(H2,22,23,26,27). The lowest BCUT2D eigenvalue weighted by molar-refractivity contribution is -0.124. The summed E-state index contributed by atoms with van der Waals surface area (Å²) in [5, 5.41) is 8.17. The molecule has 28 heavy (non-hydrogen) atoms. The molecule has 0 aromatic carbocycles. The van der Waals surface area contributed by atoms with Gasteiger partial charge in [-0.2, -0.15) is 0 Å². The zero-order valence-corrected chi connectivity index (χ0v) is 15.5. The van der Waals surface area contributed by atoms with E-state index in [9.17, 15) is 14.4 Å². The first-order valence-corrected chi connectivity index (χ1v) is 9.07. The molecule has 3 N–H and O–H groups in total. The zero-order chi connectivity index (χ0) is 19.7. The highest BCUT2D eigenvalue weighted by molar-refractivity contribution is 7.16. The van der Waals surface area contributed by atoms with E-state index in [1.165, 1.54) is 23.7 Å². The Balaban J connectivity index is 1.55. The highest BCUT2D eigenvalue weighted by Crippen LogP contribution is 2.26. The molecule has 11 heteroatoms. The van der Waals surface area contributed by atoms with Gasteiger partial charge in [0.05, 0.1) is 12.7 Å². The van der Waals surface area contributed by atoms with Gasteiger partial charge in [0.2, 0.25) is 0 Å². The highest BCUT2D eigenvalue weighted by Gasteiger charge is 2.50. The summed E-state index contributed by atoms with van der Waals surface area (Å²) in [5.41, 5.74) is -0.630. The van der Waals surface area contributed by atoms with Gasteiger partial charge >= 0.3 is 6.03 Å². The quantitative estimate of drug-likeness (QED) is 0.534. The van der Waals surface area contributed by atoms with Crippen molar-refractivity contribution in [2.75, 3.05) is 6.54 Å². The highest BCUT2D eigenvalue weighted by atomic mass is 32.1. The van der Waals surface area contributed by atoms with Crippen molar-refractivity contribution in [3.8, 4) is 10.6 Å². The first-order valence-electron chi connectivity index (χ1n) is 8.25. The van der Waals surface area contributed by atoms with Gasteiger partial charge in [-0.05, 0) is 12.1 Å². The second kappa shape index (κ2) is 6.85. The van der Waals surface area contributed by atoms with E-state index >= 15 is 0 Å². The van der Waals surface area contributed by atoms with Crippen LogP contribution in [0.5, 0.6) is 0 Å². The van der Waals surface area contributed by atoms with Gasteiger partial charge in [0.1, 0.15) is 15.7 Å². The van der Waals surface area contributed by atoms with E-state index < -0.39 is 23.4 Å². The summed E-state index contributed by atoms with van der Waals surface area (Å²) in [5.74, 6) is -0.660. The number of urea groups is 1. The summed E-state index contributed by atoms with van der Waals surface area (Å²) in [6.07, 6.45) is 7.93. The number of nitrogens with one attached hydrogen (secondary N) is 3. The van der Waals surface area contributed by atoms with Gasteiger partial charge in [0.15, 0.2) is 5.54 Å². The topological polar surface area (TPSA) is 131 Å². The van der Waals surface area contributed by atoms with Crippen LogP contribution in [0.4, 0.5) is 4.79 Å². The number of hydrogen-bond donors (Lipinski definition) is 3. The molecule has 0 spiro atoms. The number of carbonyl (C=O) groups is 3. The molecule has 1 atom stereocenters. The fraction of sp³-hybridized carbons (Fsp3) is 0.176. The number of pyridine rings is 1. The lowest BCUT2D eigenvalue weighted by Gasteiger charge is -2.25. The smallest absolute Gasteiger partial charge is 0.322 e.